The number of benzene rings is 1. The molecule has 0 saturated carbocycles. The summed E-state index contributed by atoms with van der Waals surface area (Å²) in [6.45, 7) is 5.90. The molecule has 0 aliphatic carbocycles. The van der Waals surface area contributed by atoms with E-state index < -0.39 is 6.09 Å². The fourth-order valence-electron chi connectivity index (χ4n) is 3.61. The molecule has 32 heavy (non-hydrogen) atoms. The minimum atomic E-state index is -0.590. The lowest BCUT2D eigenvalue weighted by Crippen LogP contribution is -2.38. The van der Waals surface area contributed by atoms with Crippen LogP contribution in [0.1, 0.15) is 35.7 Å². The van der Waals surface area contributed by atoms with Crippen molar-refractivity contribution >= 4 is 50.9 Å². The number of hydrogen-bond acceptors (Lipinski definition) is 6. The number of carbonyl (C=O) groups excluding carboxylic acids is 3. The van der Waals surface area contributed by atoms with Gasteiger partial charge in [-0.1, -0.05) is 11.3 Å². The zero-order chi connectivity index (χ0) is 23.3. The first kappa shape index (κ1) is 24.2. The van der Waals surface area contributed by atoms with Gasteiger partial charge >= 0.3 is 6.09 Å². The summed E-state index contributed by atoms with van der Waals surface area (Å²) in [5, 5.41) is 3.22. The van der Waals surface area contributed by atoms with Gasteiger partial charge < -0.3 is 25.6 Å². The molecule has 3 N–H and O–H groups in total. The summed E-state index contributed by atoms with van der Waals surface area (Å²) < 4.78 is 6.12. The van der Waals surface area contributed by atoms with E-state index in [0.29, 0.717) is 42.5 Å². The van der Waals surface area contributed by atoms with Crippen molar-refractivity contribution in [3.8, 4) is 5.06 Å². The summed E-state index contributed by atoms with van der Waals surface area (Å²) in [5.74, 6) is -0.133. The number of nitrogens with one attached hydrogen (secondary N) is 1. The van der Waals surface area contributed by atoms with Crippen LogP contribution in [0, 0.1) is 6.92 Å². The average Bonchev–Trinajstić information content (AvgIpc) is 3.32. The van der Waals surface area contributed by atoms with Crippen LogP contribution < -0.4 is 20.7 Å². The van der Waals surface area contributed by atoms with Crippen molar-refractivity contribution < 1.29 is 19.1 Å². The number of amides is 3. The van der Waals surface area contributed by atoms with Gasteiger partial charge in [0.15, 0.2) is 5.06 Å². The van der Waals surface area contributed by atoms with E-state index >= 15 is 0 Å². The molecule has 1 aromatic heterocycles. The predicted molar refractivity (Wildman–Crippen MR) is 128 cm³/mol. The molecule has 1 unspecified atom stereocenters. The van der Waals surface area contributed by atoms with Gasteiger partial charge in [-0.3, -0.25) is 9.59 Å². The molecule has 0 spiro atoms. The van der Waals surface area contributed by atoms with Gasteiger partial charge in [-0.15, -0.1) is 0 Å². The molecule has 2 aromatic rings. The summed E-state index contributed by atoms with van der Waals surface area (Å²) in [6.07, 6.45) is 0.346. The monoisotopic (exact) mass is 522 g/mol. The lowest BCUT2D eigenvalue weighted by atomic mass is 10.1. The SMILES string of the molecule is CCN(CCCN)C(=O)c1ccc(N2CC(NC(=O)Oc3ccc(Br)s3)CC2=O)cc1C. The first-order chi connectivity index (χ1) is 15.3. The maximum absolute atomic E-state index is 12.9. The first-order valence-electron chi connectivity index (χ1n) is 10.5. The lowest BCUT2D eigenvalue weighted by Gasteiger charge is -2.23. The van der Waals surface area contributed by atoms with E-state index in [0.717, 1.165) is 15.8 Å². The molecule has 1 atom stereocenters. The summed E-state index contributed by atoms with van der Waals surface area (Å²) in [7, 11) is 0. The fourth-order valence-corrected chi connectivity index (χ4v) is 4.80. The smallest absolute Gasteiger partial charge is 0.399 e. The quantitative estimate of drug-likeness (QED) is 0.551. The minimum absolute atomic E-state index is 0.0414. The van der Waals surface area contributed by atoms with E-state index in [1.807, 2.05) is 19.9 Å². The van der Waals surface area contributed by atoms with Crippen molar-refractivity contribution in [1.82, 2.24) is 10.2 Å². The van der Waals surface area contributed by atoms with Crippen molar-refractivity contribution in [3.63, 3.8) is 0 Å². The number of ether oxygens (including phenoxy) is 1. The van der Waals surface area contributed by atoms with Gasteiger partial charge in [-0.2, -0.15) is 0 Å². The number of aryl methyl sites for hydroxylation is 1. The highest BCUT2D eigenvalue weighted by molar-refractivity contribution is 9.11. The van der Waals surface area contributed by atoms with Crippen LogP contribution in [0.25, 0.3) is 0 Å². The minimum Gasteiger partial charge on any atom is -0.399 e. The Labute approximate surface area is 199 Å². The molecule has 3 rings (SSSR count). The van der Waals surface area contributed by atoms with Crippen LogP contribution in [-0.4, -0.2) is 55.0 Å². The molecule has 172 valence electrons. The fraction of sp³-hybridized carbons (Fsp3) is 0.409. The van der Waals surface area contributed by atoms with Crippen LogP contribution in [0.3, 0.4) is 0 Å². The maximum Gasteiger partial charge on any atom is 0.413 e. The third-order valence-electron chi connectivity index (χ3n) is 5.24. The third kappa shape index (κ3) is 5.87. The number of nitrogens with zero attached hydrogens (tertiary/aromatic N) is 2. The van der Waals surface area contributed by atoms with Gasteiger partial charge in [0.25, 0.3) is 5.91 Å². The van der Waals surface area contributed by atoms with E-state index in [-0.39, 0.29) is 24.3 Å². The third-order valence-corrected chi connectivity index (χ3v) is 6.74. The number of hydrogen-bond donors (Lipinski definition) is 2. The van der Waals surface area contributed by atoms with Crippen molar-refractivity contribution in [2.75, 3.05) is 31.1 Å². The van der Waals surface area contributed by atoms with Crippen LogP contribution in [0.2, 0.25) is 0 Å². The highest BCUT2D eigenvalue weighted by atomic mass is 79.9. The van der Waals surface area contributed by atoms with E-state index in [4.69, 9.17) is 10.5 Å². The summed E-state index contributed by atoms with van der Waals surface area (Å²) in [6, 6.07) is 8.51. The Hall–Kier alpha value is -2.43. The summed E-state index contributed by atoms with van der Waals surface area (Å²) in [5.41, 5.74) is 7.68. The molecular formula is C22H27BrN4O4S. The van der Waals surface area contributed by atoms with Gasteiger partial charge in [0, 0.05) is 37.3 Å². The van der Waals surface area contributed by atoms with E-state index in [9.17, 15) is 14.4 Å². The summed E-state index contributed by atoms with van der Waals surface area (Å²) in [4.78, 5) is 41.0. The highest BCUT2D eigenvalue weighted by Crippen LogP contribution is 2.29. The average molecular weight is 523 g/mol. The number of thiophene rings is 1. The van der Waals surface area contributed by atoms with E-state index in [1.165, 1.54) is 11.3 Å². The Morgan fingerprint density at radius 2 is 2.12 bits per heavy atom. The summed E-state index contributed by atoms with van der Waals surface area (Å²) >= 11 is 4.63. The highest BCUT2D eigenvalue weighted by Gasteiger charge is 2.32. The Balaban J connectivity index is 1.63. The second-order valence-electron chi connectivity index (χ2n) is 7.52. The van der Waals surface area contributed by atoms with Crippen LogP contribution >= 0.6 is 27.3 Å². The molecule has 10 heteroatoms. The molecule has 1 saturated heterocycles. The standard InChI is InChI=1S/C22H27BrN4O4S/c1-3-26(10-4-9-24)21(29)17-6-5-16(11-14(17)2)27-13-15(12-19(27)28)25-22(30)31-20-8-7-18(23)32-20/h5-8,11,15H,3-4,9-10,12-13,24H2,1-2H3,(H,25,30). The van der Waals surface area contributed by atoms with E-state index in [2.05, 4.69) is 21.2 Å². The molecule has 1 aliphatic heterocycles. The van der Waals surface area contributed by atoms with Crippen LogP contribution in [0.15, 0.2) is 34.1 Å². The van der Waals surface area contributed by atoms with Gasteiger partial charge in [-0.25, -0.2) is 4.79 Å². The molecule has 0 radical (unpaired) electrons. The van der Waals surface area contributed by atoms with Gasteiger partial charge in [0.1, 0.15) is 0 Å². The van der Waals surface area contributed by atoms with Crippen molar-refractivity contribution in [2.45, 2.75) is 32.7 Å². The van der Waals surface area contributed by atoms with Crippen LogP contribution in [-0.2, 0) is 4.79 Å². The molecule has 2 heterocycles. The van der Waals surface area contributed by atoms with Crippen LogP contribution in [0.4, 0.5) is 10.5 Å². The first-order valence-corrected chi connectivity index (χ1v) is 12.1. The Bertz CT molecular complexity index is 996. The van der Waals surface area contributed by atoms with Gasteiger partial charge in [0.2, 0.25) is 5.91 Å². The largest absolute Gasteiger partial charge is 0.413 e. The molecule has 0 bridgehead atoms. The Kier molecular flexibility index (Phi) is 8.27. The molecule has 1 aliphatic rings. The molecule has 8 nitrogen and oxygen atoms in total. The van der Waals surface area contributed by atoms with E-state index in [1.54, 1.807) is 34.1 Å². The zero-order valence-electron chi connectivity index (χ0n) is 18.1. The molecule has 3 amide bonds. The molecule has 1 aromatic carbocycles. The van der Waals surface area contributed by atoms with Crippen molar-refractivity contribution in [2.24, 2.45) is 5.73 Å². The van der Waals surface area contributed by atoms with Gasteiger partial charge in [-0.05, 0) is 78.6 Å². The number of anilines is 1. The molecular weight excluding hydrogens is 496 g/mol. The van der Waals surface area contributed by atoms with Crippen LogP contribution in [0.5, 0.6) is 5.06 Å². The number of rotatable bonds is 8. The van der Waals surface area contributed by atoms with Crippen molar-refractivity contribution in [3.05, 3.63) is 45.2 Å². The normalized spacial score (nSPS) is 15.7. The number of nitrogens with two attached hydrogens (primary N) is 1. The number of carbonyl (C=O) groups is 3. The maximum atomic E-state index is 12.9. The van der Waals surface area contributed by atoms with Gasteiger partial charge in [0.05, 0.1) is 9.83 Å². The number of halogens is 1. The lowest BCUT2D eigenvalue weighted by molar-refractivity contribution is -0.117. The second kappa shape index (κ2) is 10.9. The molecule has 1 fully saturated rings. The topological polar surface area (TPSA) is 105 Å². The predicted octanol–water partition coefficient (Wildman–Crippen LogP) is 3.52. The Morgan fingerprint density at radius 1 is 1.34 bits per heavy atom. The zero-order valence-corrected chi connectivity index (χ0v) is 20.5. The Morgan fingerprint density at radius 3 is 2.75 bits per heavy atom. The second-order valence-corrected chi connectivity index (χ2v) is 9.95. The van der Waals surface area contributed by atoms with Crippen molar-refractivity contribution in [1.29, 1.82) is 0 Å².